The number of rotatable bonds is 5. The highest BCUT2D eigenvalue weighted by atomic mass is 16.5. The third kappa shape index (κ3) is 7.17. The number of ketones is 1. The minimum Gasteiger partial charge on any atom is -0.486 e. The summed E-state index contributed by atoms with van der Waals surface area (Å²) in [6.45, 7) is 12.9. The number of Topliss-reactive ketones (excluding diaryl/α,β-unsaturated/α-hetero) is 1. The van der Waals surface area contributed by atoms with Gasteiger partial charge in [0.2, 0.25) is 5.91 Å². The second-order valence-electron chi connectivity index (χ2n) is 7.49. The van der Waals surface area contributed by atoms with Crippen molar-refractivity contribution >= 4 is 17.4 Å². The van der Waals surface area contributed by atoms with Crippen LogP contribution in [0, 0.1) is 0 Å². The molecule has 0 aliphatic carbocycles. The normalized spacial score (nSPS) is 11.8. The molecule has 5 heteroatoms. The molecule has 1 aromatic carbocycles. The second kappa shape index (κ2) is 7.02. The zero-order chi connectivity index (χ0) is 17.8. The standard InChI is InChI=1S/C18H27NO4/c1-12(20)11-15(21)19-16-13(22-17(2,3)4)9-8-10-14(16)23-18(5,6)7/h8-10H,11H2,1-7H3,(H,19,21). The highest BCUT2D eigenvalue weighted by Gasteiger charge is 2.22. The Balaban J connectivity index is 3.22. The molecular weight excluding hydrogens is 294 g/mol. The first-order chi connectivity index (χ1) is 10.4. The lowest BCUT2D eigenvalue weighted by molar-refractivity contribution is -0.124. The first-order valence-electron chi connectivity index (χ1n) is 7.68. The fraction of sp³-hybridized carbons (Fsp3) is 0.556. The fourth-order valence-corrected chi connectivity index (χ4v) is 1.87. The molecule has 0 spiro atoms. The number of amides is 1. The first-order valence-corrected chi connectivity index (χ1v) is 7.68. The molecule has 0 saturated heterocycles. The summed E-state index contributed by atoms with van der Waals surface area (Å²) in [5, 5.41) is 2.75. The molecular formula is C18H27NO4. The Kier molecular flexibility index (Phi) is 5.81. The van der Waals surface area contributed by atoms with Crippen molar-refractivity contribution in [1.29, 1.82) is 0 Å². The molecule has 1 amide bonds. The quantitative estimate of drug-likeness (QED) is 0.834. The molecule has 0 atom stereocenters. The van der Waals surface area contributed by atoms with E-state index in [4.69, 9.17) is 9.47 Å². The highest BCUT2D eigenvalue weighted by Crippen LogP contribution is 2.38. The summed E-state index contributed by atoms with van der Waals surface area (Å²) in [7, 11) is 0. The van der Waals surface area contributed by atoms with Crippen molar-refractivity contribution < 1.29 is 19.1 Å². The van der Waals surface area contributed by atoms with Crippen LogP contribution < -0.4 is 14.8 Å². The van der Waals surface area contributed by atoms with E-state index < -0.39 is 11.2 Å². The molecule has 0 saturated carbocycles. The molecule has 23 heavy (non-hydrogen) atoms. The minimum absolute atomic E-state index is 0.182. The Bertz CT molecular complexity index is 545. The molecule has 0 bridgehead atoms. The van der Waals surface area contributed by atoms with Gasteiger partial charge in [-0.15, -0.1) is 0 Å². The number of hydrogen-bond donors (Lipinski definition) is 1. The molecule has 0 fully saturated rings. The molecule has 1 rings (SSSR count). The van der Waals surface area contributed by atoms with Crippen LogP contribution in [-0.2, 0) is 9.59 Å². The van der Waals surface area contributed by atoms with E-state index in [1.165, 1.54) is 6.92 Å². The second-order valence-corrected chi connectivity index (χ2v) is 7.49. The topological polar surface area (TPSA) is 64.6 Å². The Morgan fingerprint density at radius 2 is 1.39 bits per heavy atom. The van der Waals surface area contributed by atoms with Crippen LogP contribution in [0.15, 0.2) is 18.2 Å². The number of ether oxygens (including phenoxy) is 2. The Hall–Kier alpha value is -2.04. The van der Waals surface area contributed by atoms with Crippen LogP contribution in [0.1, 0.15) is 54.9 Å². The fourth-order valence-electron chi connectivity index (χ4n) is 1.87. The molecule has 1 N–H and O–H groups in total. The maximum atomic E-state index is 12.0. The van der Waals surface area contributed by atoms with E-state index >= 15 is 0 Å². The summed E-state index contributed by atoms with van der Waals surface area (Å²) in [6, 6.07) is 5.34. The van der Waals surface area contributed by atoms with Gasteiger partial charge < -0.3 is 14.8 Å². The van der Waals surface area contributed by atoms with Crippen LogP contribution in [0.25, 0.3) is 0 Å². The number of hydrogen-bond acceptors (Lipinski definition) is 4. The van der Waals surface area contributed by atoms with Crippen LogP contribution in [0.3, 0.4) is 0 Å². The van der Waals surface area contributed by atoms with Gasteiger partial charge in [0.05, 0.1) is 6.42 Å². The summed E-state index contributed by atoms with van der Waals surface area (Å²) >= 11 is 0. The van der Waals surface area contributed by atoms with Gasteiger partial charge in [0.25, 0.3) is 0 Å². The van der Waals surface area contributed by atoms with Gasteiger partial charge in [0, 0.05) is 0 Å². The minimum atomic E-state index is -0.430. The highest BCUT2D eigenvalue weighted by molar-refractivity contribution is 6.04. The number of nitrogens with one attached hydrogen (secondary N) is 1. The predicted octanol–water partition coefficient (Wildman–Crippen LogP) is 3.96. The van der Waals surface area contributed by atoms with Crippen molar-refractivity contribution in [1.82, 2.24) is 0 Å². The van der Waals surface area contributed by atoms with Gasteiger partial charge in [-0.2, -0.15) is 0 Å². The van der Waals surface area contributed by atoms with Crippen molar-refractivity contribution in [3.63, 3.8) is 0 Å². The van der Waals surface area contributed by atoms with E-state index in [-0.39, 0.29) is 18.1 Å². The van der Waals surface area contributed by atoms with E-state index in [1.54, 1.807) is 12.1 Å². The van der Waals surface area contributed by atoms with Gasteiger partial charge in [-0.1, -0.05) is 6.07 Å². The summed E-state index contributed by atoms with van der Waals surface area (Å²) in [5.41, 5.74) is -0.413. The molecule has 5 nitrogen and oxygen atoms in total. The average Bonchev–Trinajstić information content (AvgIpc) is 2.28. The Morgan fingerprint density at radius 3 is 1.74 bits per heavy atom. The summed E-state index contributed by atoms with van der Waals surface area (Å²) in [4.78, 5) is 23.2. The lowest BCUT2D eigenvalue weighted by atomic mass is 10.1. The molecule has 0 aromatic heterocycles. The van der Waals surface area contributed by atoms with Crippen LogP contribution in [0.2, 0.25) is 0 Å². The van der Waals surface area contributed by atoms with Crippen molar-refractivity contribution in [2.45, 2.75) is 66.1 Å². The largest absolute Gasteiger partial charge is 0.486 e. The molecule has 0 aliphatic heterocycles. The number of para-hydroxylation sites is 1. The van der Waals surface area contributed by atoms with Crippen molar-refractivity contribution in [3.05, 3.63) is 18.2 Å². The molecule has 0 heterocycles. The van der Waals surface area contributed by atoms with Crippen LogP contribution in [0.4, 0.5) is 5.69 Å². The van der Waals surface area contributed by atoms with Crippen LogP contribution >= 0.6 is 0 Å². The number of carbonyl (C=O) groups excluding carboxylic acids is 2. The third-order valence-corrected chi connectivity index (χ3v) is 2.49. The zero-order valence-electron chi connectivity index (χ0n) is 15.1. The number of benzene rings is 1. The molecule has 0 aliphatic rings. The van der Waals surface area contributed by atoms with Crippen LogP contribution in [-0.4, -0.2) is 22.9 Å². The predicted molar refractivity (Wildman–Crippen MR) is 91.1 cm³/mol. The van der Waals surface area contributed by atoms with E-state index in [1.807, 2.05) is 47.6 Å². The summed E-state index contributed by atoms with van der Waals surface area (Å²) in [5.74, 6) is 0.434. The van der Waals surface area contributed by atoms with Gasteiger partial charge >= 0.3 is 0 Å². The van der Waals surface area contributed by atoms with E-state index in [0.717, 1.165) is 0 Å². The van der Waals surface area contributed by atoms with Crippen molar-refractivity contribution in [3.8, 4) is 11.5 Å². The SMILES string of the molecule is CC(=O)CC(=O)Nc1c(OC(C)(C)C)cccc1OC(C)(C)C. The maximum absolute atomic E-state index is 12.0. The number of carbonyl (C=O) groups is 2. The molecule has 0 unspecified atom stereocenters. The van der Waals surface area contributed by atoms with Gasteiger partial charge in [-0.05, 0) is 60.6 Å². The zero-order valence-corrected chi connectivity index (χ0v) is 15.1. The Labute approximate surface area is 138 Å². The van der Waals surface area contributed by atoms with Gasteiger partial charge in [0.15, 0.2) is 0 Å². The molecule has 0 radical (unpaired) electrons. The molecule has 128 valence electrons. The van der Waals surface area contributed by atoms with E-state index in [9.17, 15) is 9.59 Å². The van der Waals surface area contributed by atoms with E-state index in [0.29, 0.717) is 17.2 Å². The first kappa shape index (κ1) is 19.0. The third-order valence-electron chi connectivity index (χ3n) is 2.49. The van der Waals surface area contributed by atoms with Gasteiger partial charge in [0.1, 0.15) is 34.2 Å². The maximum Gasteiger partial charge on any atom is 0.232 e. The molecule has 1 aromatic rings. The van der Waals surface area contributed by atoms with Crippen LogP contribution in [0.5, 0.6) is 11.5 Å². The van der Waals surface area contributed by atoms with Gasteiger partial charge in [-0.3, -0.25) is 9.59 Å². The average molecular weight is 321 g/mol. The monoisotopic (exact) mass is 321 g/mol. The smallest absolute Gasteiger partial charge is 0.232 e. The number of anilines is 1. The lowest BCUT2D eigenvalue weighted by Gasteiger charge is -2.27. The Morgan fingerprint density at radius 1 is 0.957 bits per heavy atom. The van der Waals surface area contributed by atoms with Crippen molar-refractivity contribution in [2.75, 3.05) is 5.32 Å². The summed E-state index contributed by atoms with van der Waals surface area (Å²) < 4.78 is 11.8. The van der Waals surface area contributed by atoms with Crippen molar-refractivity contribution in [2.24, 2.45) is 0 Å². The summed E-state index contributed by atoms with van der Waals surface area (Å²) in [6.07, 6.45) is -0.182. The van der Waals surface area contributed by atoms with E-state index in [2.05, 4.69) is 5.32 Å². The van der Waals surface area contributed by atoms with Gasteiger partial charge in [-0.25, -0.2) is 0 Å². The lowest BCUT2D eigenvalue weighted by Crippen LogP contribution is -2.26.